The summed E-state index contributed by atoms with van der Waals surface area (Å²) >= 11 is 5.98. The zero-order valence-corrected chi connectivity index (χ0v) is 7.52. The number of halogens is 1. The number of rotatable bonds is 2. The van der Waals surface area contributed by atoms with Crippen molar-refractivity contribution in [2.24, 2.45) is 0 Å². The van der Waals surface area contributed by atoms with E-state index in [0.29, 0.717) is 0 Å². The second-order valence-corrected chi connectivity index (χ2v) is 2.94. The molecule has 1 nitrogen and oxygen atoms in total. The van der Waals surface area contributed by atoms with Crippen molar-refractivity contribution < 1.29 is 0 Å². The molecule has 0 spiro atoms. The highest BCUT2D eigenvalue weighted by Gasteiger charge is 2.05. The predicted octanol–water partition coefficient (Wildman–Crippen LogP) is 2.45. The highest BCUT2D eigenvalue weighted by atomic mass is 35.5. The first-order chi connectivity index (χ1) is 5.25. The van der Waals surface area contributed by atoms with Crippen molar-refractivity contribution in [2.45, 2.75) is 12.4 Å². The topological polar surface area (TPSA) is 12.0 Å². The van der Waals surface area contributed by atoms with Gasteiger partial charge in [-0.3, -0.25) is 0 Å². The molecular formula is C9H12ClN. The van der Waals surface area contributed by atoms with Gasteiger partial charge in [-0.1, -0.05) is 24.3 Å². The SMILES string of the molecule is CNC(Cl)c1ccccc1C. The Hall–Kier alpha value is -0.530. The van der Waals surface area contributed by atoms with Crippen LogP contribution in [0.15, 0.2) is 24.3 Å². The molecule has 1 aromatic rings. The molecule has 0 amide bonds. The summed E-state index contributed by atoms with van der Waals surface area (Å²) in [4.78, 5) is 0. The molecule has 1 rings (SSSR count). The second kappa shape index (κ2) is 3.74. The van der Waals surface area contributed by atoms with Crippen LogP contribution in [0.1, 0.15) is 16.6 Å². The molecule has 0 heterocycles. The summed E-state index contributed by atoms with van der Waals surface area (Å²) in [6.07, 6.45) is 0. The van der Waals surface area contributed by atoms with E-state index in [1.54, 1.807) is 0 Å². The molecule has 0 saturated carbocycles. The molecule has 0 bridgehead atoms. The highest BCUT2D eigenvalue weighted by molar-refractivity contribution is 6.20. The van der Waals surface area contributed by atoms with Gasteiger partial charge in [-0.15, -0.1) is 11.6 Å². The molecular weight excluding hydrogens is 158 g/mol. The normalized spacial score (nSPS) is 13.0. The maximum Gasteiger partial charge on any atom is 0.108 e. The first-order valence-electron chi connectivity index (χ1n) is 3.62. The number of nitrogens with one attached hydrogen (secondary N) is 1. The van der Waals surface area contributed by atoms with Crippen LogP contribution in [0, 0.1) is 6.92 Å². The smallest absolute Gasteiger partial charge is 0.108 e. The lowest BCUT2D eigenvalue weighted by atomic mass is 10.1. The van der Waals surface area contributed by atoms with Crippen LogP contribution >= 0.6 is 11.6 Å². The van der Waals surface area contributed by atoms with Crippen LogP contribution in [-0.4, -0.2) is 7.05 Å². The van der Waals surface area contributed by atoms with Crippen molar-refractivity contribution >= 4 is 11.6 Å². The van der Waals surface area contributed by atoms with E-state index in [4.69, 9.17) is 11.6 Å². The summed E-state index contributed by atoms with van der Waals surface area (Å²) in [6.45, 7) is 2.06. The van der Waals surface area contributed by atoms with Crippen LogP contribution in [0.2, 0.25) is 0 Å². The molecule has 0 fully saturated rings. The van der Waals surface area contributed by atoms with Crippen molar-refractivity contribution in [2.75, 3.05) is 7.05 Å². The van der Waals surface area contributed by atoms with Crippen LogP contribution < -0.4 is 5.32 Å². The maximum atomic E-state index is 5.98. The molecule has 0 aliphatic rings. The lowest BCUT2D eigenvalue weighted by Crippen LogP contribution is -2.10. The summed E-state index contributed by atoms with van der Waals surface area (Å²) in [7, 11) is 1.85. The van der Waals surface area contributed by atoms with E-state index in [9.17, 15) is 0 Å². The van der Waals surface area contributed by atoms with Crippen LogP contribution in [0.4, 0.5) is 0 Å². The first-order valence-corrected chi connectivity index (χ1v) is 4.06. The molecule has 0 saturated heterocycles. The Morgan fingerprint density at radius 3 is 2.55 bits per heavy atom. The van der Waals surface area contributed by atoms with Crippen LogP contribution in [0.25, 0.3) is 0 Å². The lowest BCUT2D eigenvalue weighted by Gasteiger charge is -2.10. The van der Waals surface area contributed by atoms with Gasteiger partial charge in [0.15, 0.2) is 0 Å². The summed E-state index contributed by atoms with van der Waals surface area (Å²) in [6, 6.07) is 8.10. The van der Waals surface area contributed by atoms with Gasteiger partial charge in [0.1, 0.15) is 5.50 Å². The quantitative estimate of drug-likeness (QED) is 0.530. The predicted molar refractivity (Wildman–Crippen MR) is 48.8 cm³/mol. The average Bonchev–Trinajstić information content (AvgIpc) is 2.04. The first kappa shape index (κ1) is 8.57. The van der Waals surface area contributed by atoms with Crippen molar-refractivity contribution in [3.05, 3.63) is 35.4 Å². The Morgan fingerprint density at radius 2 is 2.00 bits per heavy atom. The summed E-state index contributed by atoms with van der Waals surface area (Å²) in [5.41, 5.74) is 2.30. The van der Waals surface area contributed by atoms with Gasteiger partial charge in [-0.25, -0.2) is 0 Å². The standard InChI is InChI=1S/C9H12ClN/c1-7-5-3-4-6-8(7)9(10)11-2/h3-6,9,11H,1-2H3. The molecule has 1 atom stereocenters. The highest BCUT2D eigenvalue weighted by Crippen LogP contribution is 2.19. The van der Waals surface area contributed by atoms with Gasteiger partial charge in [0.25, 0.3) is 0 Å². The number of alkyl halides is 1. The minimum atomic E-state index is -0.0730. The van der Waals surface area contributed by atoms with Gasteiger partial charge >= 0.3 is 0 Å². The Labute approximate surface area is 72.4 Å². The van der Waals surface area contributed by atoms with Crippen molar-refractivity contribution in [3.63, 3.8) is 0 Å². The fraction of sp³-hybridized carbons (Fsp3) is 0.333. The molecule has 1 aromatic carbocycles. The molecule has 2 heteroatoms. The summed E-state index contributed by atoms with van der Waals surface area (Å²) < 4.78 is 0. The summed E-state index contributed by atoms with van der Waals surface area (Å²) in [5, 5.41) is 2.99. The fourth-order valence-corrected chi connectivity index (χ4v) is 1.27. The van der Waals surface area contributed by atoms with Gasteiger partial charge in [0.2, 0.25) is 0 Å². The molecule has 60 valence electrons. The fourth-order valence-electron chi connectivity index (χ4n) is 1.03. The third-order valence-corrected chi connectivity index (χ3v) is 2.17. The van der Waals surface area contributed by atoms with Gasteiger partial charge in [0, 0.05) is 0 Å². The van der Waals surface area contributed by atoms with E-state index in [0.717, 1.165) is 5.56 Å². The van der Waals surface area contributed by atoms with E-state index in [1.165, 1.54) is 5.56 Å². The van der Waals surface area contributed by atoms with E-state index in [-0.39, 0.29) is 5.50 Å². The Kier molecular flexibility index (Phi) is 2.92. The molecule has 1 N–H and O–H groups in total. The largest absolute Gasteiger partial charge is 0.301 e. The van der Waals surface area contributed by atoms with Crippen LogP contribution in [-0.2, 0) is 0 Å². The van der Waals surface area contributed by atoms with Gasteiger partial charge in [-0.2, -0.15) is 0 Å². The van der Waals surface area contributed by atoms with Crippen LogP contribution in [0.3, 0.4) is 0 Å². The lowest BCUT2D eigenvalue weighted by molar-refractivity contribution is 0.778. The van der Waals surface area contributed by atoms with Gasteiger partial charge in [0.05, 0.1) is 0 Å². The van der Waals surface area contributed by atoms with Gasteiger partial charge < -0.3 is 5.32 Å². The molecule has 11 heavy (non-hydrogen) atoms. The Bertz CT molecular complexity index is 235. The number of hydrogen-bond acceptors (Lipinski definition) is 1. The minimum Gasteiger partial charge on any atom is -0.301 e. The monoisotopic (exact) mass is 169 g/mol. The third kappa shape index (κ3) is 1.95. The van der Waals surface area contributed by atoms with E-state index in [2.05, 4.69) is 18.3 Å². The molecule has 0 aliphatic heterocycles. The van der Waals surface area contributed by atoms with Crippen LogP contribution in [0.5, 0.6) is 0 Å². The number of aryl methyl sites for hydroxylation is 1. The maximum absolute atomic E-state index is 5.98. The Morgan fingerprint density at radius 1 is 1.36 bits per heavy atom. The zero-order chi connectivity index (χ0) is 8.27. The third-order valence-electron chi connectivity index (χ3n) is 1.71. The average molecular weight is 170 g/mol. The molecule has 0 radical (unpaired) electrons. The summed E-state index contributed by atoms with van der Waals surface area (Å²) in [5.74, 6) is 0. The van der Waals surface area contributed by atoms with E-state index >= 15 is 0 Å². The van der Waals surface area contributed by atoms with E-state index < -0.39 is 0 Å². The Balaban J connectivity index is 2.93. The van der Waals surface area contributed by atoms with E-state index in [1.807, 2.05) is 25.2 Å². The number of benzene rings is 1. The molecule has 0 aliphatic carbocycles. The molecule has 1 unspecified atom stereocenters. The number of hydrogen-bond donors (Lipinski definition) is 1. The molecule has 0 aromatic heterocycles. The minimum absolute atomic E-state index is 0.0730. The van der Waals surface area contributed by atoms with Crippen molar-refractivity contribution in [1.29, 1.82) is 0 Å². The van der Waals surface area contributed by atoms with Crippen molar-refractivity contribution in [1.82, 2.24) is 5.32 Å². The zero-order valence-electron chi connectivity index (χ0n) is 6.76. The van der Waals surface area contributed by atoms with Crippen molar-refractivity contribution in [3.8, 4) is 0 Å². The van der Waals surface area contributed by atoms with Gasteiger partial charge in [-0.05, 0) is 25.1 Å². The second-order valence-electron chi connectivity index (χ2n) is 2.51.